The Morgan fingerprint density at radius 3 is 2.32 bits per heavy atom. The van der Waals surface area contributed by atoms with E-state index in [4.69, 9.17) is 5.53 Å². The number of carbonyl (C=O) groups excluding carboxylic acids is 1. The van der Waals surface area contributed by atoms with Crippen LogP contribution < -0.4 is 0 Å². The van der Waals surface area contributed by atoms with E-state index in [1.165, 1.54) is 6.08 Å². The second-order valence-corrected chi connectivity index (χ2v) is 4.51. The van der Waals surface area contributed by atoms with Gasteiger partial charge in [-0.1, -0.05) is 47.6 Å². The summed E-state index contributed by atoms with van der Waals surface area (Å²) in [5.74, 6) is -0.0133. The van der Waals surface area contributed by atoms with Crippen LogP contribution in [0, 0.1) is 0 Å². The van der Waals surface area contributed by atoms with Crippen LogP contribution in [0.2, 0.25) is 0 Å². The van der Waals surface area contributed by atoms with E-state index in [0.717, 1.165) is 5.56 Å². The van der Waals surface area contributed by atoms with Gasteiger partial charge in [-0.05, 0) is 11.6 Å². The van der Waals surface area contributed by atoms with Gasteiger partial charge >= 0.3 is 5.71 Å². The second-order valence-electron chi connectivity index (χ2n) is 3.33. The minimum Gasteiger partial charge on any atom is -0.424 e. The topological polar surface area (TPSA) is 87.6 Å². The van der Waals surface area contributed by atoms with Crippen LogP contribution in [-0.4, -0.2) is 22.0 Å². The third kappa shape index (κ3) is 5.29. The fourth-order valence-electron chi connectivity index (χ4n) is 1.31. The quantitative estimate of drug-likeness (QED) is 0.439. The summed E-state index contributed by atoms with van der Waals surface area (Å²) in [5, 5.41) is 0. The molecular formula is C12H11N2O3SY-. The molecule has 0 fully saturated rings. The maximum absolute atomic E-state index is 11.5. The molecule has 1 aliphatic carbocycles. The van der Waals surface area contributed by atoms with Gasteiger partial charge in [0.15, 0.2) is 0 Å². The molecule has 7 heteroatoms. The van der Waals surface area contributed by atoms with Crippen LogP contribution in [0.5, 0.6) is 0 Å². The molecule has 5 nitrogen and oxygen atoms in total. The number of carbonyl (C=O) groups is 1. The van der Waals surface area contributed by atoms with E-state index >= 15 is 0 Å². The van der Waals surface area contributed by atoms with Crippen LogP contribution in [0.25, 0.3) is 11.6 Å². The maximum Gasteiger partial charge on any atom is 0.362 e. The van der Waals surface area contributed by atoms with Gasteiger partial charge in [-0.25, -0.2) is 0 Å². The van der Waals surface area contributed by atoms with Crippen LogP contribution >= 0.6 is 0 Å². The van der Waals surface area contributed by atoms with Crippen molar-refractivity contribution in [2.45, 2.75) is 6.92 Å². The Labute approximate surface area is 138 Å². The van der Waals surface area contributed by atoms with E-state index in [-0.39, 0.29) is 50.0 Å². The van der Waals surface area contributed by atoms with E-state index in [0.29, 0.717) is 5.56 Å². The Morgan fingerprint density at radius 1 is 1.21 bits per heavy atom. The third-order valence-corrected chi connectivity index (χ3v) is 2.67. The molecule has 1 aromatic carbocycles. The Hall–Kier alpha value is -0.936. The van der Waals surface area contributed by atoms with Gasteiger partial charge in [0.1, 0.15) is 0 Å². The largest absolute Gasteiger partial charge is 0.424 e. The molecule has 0 heterocycles. The maximum atomic E-state index is 11.5. The molecule has 19 heavy (non-hydrogen) atoms. The van der Waals surface area contributed by atoms with Crippen LogP contribution in [-0.2, 0) is 51.8 Å². The van der Waals surface area contributed by atoms with Gasteiger partial charge in [0.05, 0.1) is 0 Å². The Morgan fingerprint density at radius 2 is 1.79 bits per heavy atom. The van der Waals surface area contributed by atoms with Crippen LogP contribution in [0.3, 0.4) is 0 Å². The molecule has 1 aromatic rings. The molecule has 2 rings (SSSR count). The number of allylic oxidation sites excluding steroid dienone is 1. The number of benzene rings is 1. The van der Waals surface area contributed by atoms with Crippen molar-refractivity contribution >= 4 is 28.3 Å². The zero-order valence-electron chi connectivity index (χ0n) is 10.3. The van der Waals surface area contributed by atoms with Gasteiger partial charge in [0, 0.05) is 44.3 Å². The monoisotopic (exact) mass is 352 g/mol. The van der Waals surface area contributed by atoms with E-state index in [2.05, 4.69) is 4.79 Å². The molecule has 0 atom stereocenters. The zero-order chi connectivity index (χ0) is 13.5. The van der Waals surface area contributed by atoms with Crippen molar-refractivity contribution in [3.05, 3.63) is 47.0 Å². The molecule has 0 bridgehead atoms. The fourth-order valence-corrected chi connectivity index (χ4v) is 1.31. The number of hydrogen-bond acceptors (Lipinski definition) is 4. The number of hydrogen-bond donors (Lipinski definition) is 0. The molecule has 0 saturated heterocycles. The zero-order valence-corrected chi connectivity index (χ0v) is 13.9. The minimum atomic E-state index is -1.82. The van der Waals surface area contributed by atoms with Crippen molar-refractivity contribution < 1.29 is 50.7 Å². The number of Topliss-reactive ketones (excluding diaryl/α,β-unsaturated/α-hetero) is 1. The van der Waals surface area contributed by atoms with Gasteiger partial charge in [0.25, 0.3) is 5.78 Å². The van der Waals surface area contributed by atoms with E-state index in [1.54, 1.807) is 25.1 Å². The summed E-state index contributed by atoms with van der Waals surface area (Å²) in [5.41, 5.74) is 10.0. The normalized spacial score (nSPS) is 11.9. The summed E-state index contributed by atoms with van der Waals surface area (Å²) < 4.78 is 18.7. The Bertz CT molecular complexity index is 609. The molecule has 0 spiro atoms. The van der Waals surface area contributed by atoms with E-state index < -0.39 is 10.7 Å². The van der Waals surface area contributed by atoms with Gasteiger partial charge in [-0.2, -0.15) is 4.79 Å². The molecule has 1 aliphatic rings. The van der Waals surface area contributed by atoms with E-state index in [1.807, 2.05) is 12.1 Å². The van der Waals surface area contributed by atoms with Crippen LogP contribution in [0.15, 0.2) is 30.3 Å². The van der Waals surface area contributed by atoms with Gasteiger partial charge in [-0.15, -0.1) is 0 Å². The standard InChI is InChI=1S/C10H6N2O.C2H5O2S.Y/c11-12-9-6-5-7-3-1-2-4-8(7)10(9)13;1-2-5(3)4;/h1-6H;2H2,1H3;/q;-1;. The van der Waals surface area contributed by atoms with Crippen molar-refractivity contribution in [2.75, 3.05) is 5.75 Å². The number of rotatable bonds is 1. The van der Waals surface area contributed by atoms with Gasteiger partial charge in [0.2, 0.25) is 0 Å². The first-order valence-electron chi connectivity index (χ1n) is 5.19. The number of nitrogens with zero attached hydrogens (tertiary/aromatic N) is 2. The smallest absolute Gasteiger partial charge is 0.362 e. The summed E-state index contributed by atoms with van der Waals surface area (Å²) >= 11 is 0. The molecule has 97 valence electrons. The van der Waals surface area contributed by atoms with E-state index in [9.17, 15) is 13.2 Å². The second kappa shape index (κ2) is 9.05. The summed E-state index contributed by atoms with van der Waals surface area (Å²) in [6.45, 7) is 1.59. The first kappa shape index (κ1) is 18.1. The summed E-state index contributed by atoms with van der Waals surface area (Å²) in [7, 11) is -1.82. The average Bonchev–Trinajstić information content (AvgIpc) is 2.40. The van der Waals surface area contributed by atoms with Crippen LogP contribution in [0.1, 0.15) is 22.8 Å². The van der Waals surface area contributed by atoms with Gasteiger partial charge < -0.3 is 13.9 Å². The van der Waals surface area contributed by atoms with Crippen LogP contribution in [0.4, 0.5) is 0 Å². The predicted octanol–water partition coefficient (Wildman–Crippen LogP) is 1.88. The number of ketones is 1. The summed E-state index contributed by atoms with van der Waals surface area (Å²) in [4.78, 5) is 14.4. The molecule has 0 amide bonds. The third-order valence-electron chi connectivity index (χ3n) is 2.20. The molecule has 0 aliphatic heterocycles. The summed E-state index contributed by atoms with van der Waals surface area (Å²) in [6, 6.07) is 7.20. The molecule has 0 unspecified atom stereocenters. The first-order chi connectivity index (χ1) is 8.60. The molecule has 0 N–H and O–H groups in total. The Balaban J connectivity index is 0.000000471. The van der Waals surface area contributed by atoms with Crippen molar-refractivity contribution in [2.24, 2.45) is 0 Å². The Kier molecular flexibility index (Phi) is 8.60. The predicted molar refractivity (Wildman–Crippen MR) is 67.7 cm³/mol. The molecule has 0 aromatic heterocycles. The molecule has 0 saturated carbocycles. The van der Waals surface area contributed by atoms with Crippen molar-refractivity contribution in [1.82, 2.24) is 0 Å². The number of fused-ring (bicyclic) bond motifs is 1. The van der Waals surface area contributed by atoms with Crippen molar-refractivity contribution in [1.29, 1.82) is 0 Å². The van der Waals surface area contributed by atoms with Gasteiger partial charge in [-0.3, -0.25) is 4.79 Å². The van der Waals surface area contributed by atoms with Crippen molar-refractivity contribution in [3.8, 4) is 0 Å². The molecule has 1 radical (unpaired) electrons. The SMILES string of the molecule is CC[S-](=O)=O.[N-]=[N+]=C1C=Cc2ccccc2C1=O.[Y]. The fraction of sp³-hybridized carbons (Fsp3) is 0.167. The summed E-state index contributed by atoms with van der Waals surface area (Å²) in [6.07, 6.45) is 3.26. The van der Waals surface area contributed by atoms with Crippen molar-refractivity contribution in [3.63, 3.8) is 0 Å². The first-order valence-corrected chi connectivity index (χ1v) is 6.44. The molecular weight excluding hydrogens is 341 g/mol. The average molecular weight is 352 g/mol. The minimum absolute atomic E-state index is 0.